The molecule has 0 fully saturated rings. The molecule has 0 unspecified atom stereocenters. The highest BCUT2D eigenvalue weighted by Crippen LogP contribution is 2.41. The minimum absolute atomic E-state index is 0.0370. The van der Waals surface area contributed by atoms with Gasteiger partial charge in [0.25, 0.3) is 0 Å². The Morgan fingerprint density at radius 2 is 1.92 bits per heavy atom. The van der Waals surface area contributed by atoms with Gasteiger partial charge in [-0.05, 0) is 36.2 Å². The van der Waals surface area contributed by atoms with Crippen molar-refractivity contribution in [3.63, 3.8) is 0 Å². The van der Waals surface area contributed by atoms with Crippen LogP contribution in [0.2, 0.25) is 0 Å². The Balaban J connectivity index is 1.89. The lowest BCUT2D eigenvalue weighted by Gasteiger charge is -2.19. The molecule has 0 bridgehead atoms. The molecule has 1 amide bonds. The molecule has 138 valence electrons. The average molecular weight is 372 g/mol. The zero-order valence-electron chi connectivity index (χ0n) is 15.5. The Morgan fingerprint density at radius 3 is 2.58 bits per heavy atom. The maximum absolute atomic E-state index is 12.7. The molecule has 1 aliphatic rings. The number of amides is 1. The third-order valence-corrected chi connectivity index (χ3v) is 6.18. The van der Waals surface area contributed by atoms with Gasteiger partial charge in [-0.1, -0.05) is 43.7 Å². The van der Waals surface area contributed by atoms with Gasteiger partial charge in [0, 0.05) is 31.1 Å². The highest BCUT2D eigenvalue weighted by Gasteiger charge is 2.37. The number of anilines is 1. The van der Waals surface area contributed by atoms with Gasteiger partial charge in [-0.3, -0.25) is 4.79 Å². The number of nitrogens with one attached hydrogen (secondary N) is 1. The van der Waals surface area contributed by atoms with Crippen LogP contribution in [0.5, 0.6) is 0 Å². The van der Waals surface area contributed by atoms with Gasteiger partial charge < -0.3 is 4.90 Å². The van der Waals surface area contributed by atoms with Crippen molar-refractivity contribution < 1.29 is 13.2 Å². The Labute approximate surface area is 155 Å². The molecule has 1 N–H and O–H groups in total. The van der Waals surface area contributed by atoms with E-state index in [0.717, 1.165) is 22.4 Å². The predicted molar refractivity (Wildman–Crippen MR) is 103 cm³/mol. The zero-order valence-corrected chi connectivity index (χ0v) is 16.4. The summed E-state index contributed by atoms with van der Waals surface area (Å²) in [4.78, 5) is 13.8. The first-order valence-electron chi connectivity index (χ1n) is 8.58. The Morgan fingerprint density at radius 1 is 1.19 bits per heavy atom. The van der Waals surface area contributed by atoms with Crippen molar-refractivity contribution >= 4 is 21.6 Å². The molecule has 0 aromatic heterocycles. The van der Waals surface area contributed by atoms with E-state index in [-0.39, 0.29) is 22.8 Å². The van der Waals surface area contributed by atoms with Crippen molar-refractivity contribution in [2.45, 2.75) is 44.6 Å². The third-order valence-electron chi connectivity index (χ3n) is 4.78. The number of carbonyl (C=O) groups excluding carboxylic acids is 1. The molecule has 2 aromatic rings. The number of rotatable bonds is 4. The lowest BCUT2D eigenvalue weighted by molar-refractivity contribution is -0.116. The topological polar surface area (TPSA) is 66.5 Å². The van der Waals surface area contributed by atoms with Crippen LogP contribution in [0.3, 0.4) is 0 Å². The van der Waals surface area contributed by atoms with Crippen LogP contribution in [0, 0.1) is 6.92 Å². The number of benzene rings is 2. The second-order valence-electron chi connectivity index (χ2n) is 7.48. The zero-order chi connectivity index (χ0) is 19.1. The maximum Gasteiger partial charge on any atom is 0.240 e. The van der Waals surface area contributed by atoms with Crippen molar-refractivity contribution in [3.05, 3.63) is 59.2 Å². The fourth-order valence-electron chi connectivity index (χ4n) is 3.39. The number of fused-ring (bicyclic) bond motifs is 1. The van der Waals surface area contributed by atoms with E-state index in [1.807, 2.05) is 45.0 Å². The summed E-state index contributed by atoms with van der Waals surface area (Å²) in [6.07, 6.45) is 0. The molecule has 0 atom stereocenters. The summed E-state index contributed by atoms with van der Waals surface area (Å²) in [5.41, 5.74) is 3.39. The van der Waals surface area contributed by atoms with Crippen LogP contribution in [0.15, 0.2) is 47.4 Å². The molecule has 0 saturated heterocycles. The van der Waals surface area contributed by atoms with E-state index in [2.05, 4.69) is 4.72 Å². The fourth-order valence-corrected chi connectivity index (χ4v) is 4.43. The van der Waals surface area contributed by atoms with E-state index in [9.17, 15) is 13.2 Å². The molecule has 0 saturated carbocycles. The van der Waals surface area contributed by atoms with Crippen LogP contribution < -0.4 is 9.62 Å². The van der Waals surface area contributed by atoms with E-state index < -0.39 is 10.0 Å². The standard InChI is InChI=1S/C20H24N2O3S/c1-14-6-5-7-16(10-14)12-21-26(24,25)17-8-9-19-18(11-17)20(3,4)13-22(19)15(2)23/h5-11,21H,12-13H2,1-4H3. The number of sulfonamides is 1. The first-order valence-corrected chi connectivity index (χ1v) is 10.1. The van der Waals surface area contributed by atoms with E-state index in [1.54, 1.807) is 23.1 Å². The molecule has 2 aromatic carbocycles. The molecular formula is C20H24N2O3S. The minimum atomic E-state index is -3.63. The second-order valence-corrected chi connectivity index (χ2v) is 9.25. The molecule has 0 aliphatic carbocycles. The van der Waals surface area contributed by atoms with Crippen molar-refractivity contribution in [2.24, 2.45) is 0 Å². The lowest BCUT2D eigenvalue weighted by Crippen LogP contribution is -2.31. The molecule has 5 nitrogen and oxygen atoms in total. The first-order chi connectivity index (χ1) is 12.1. The number of nitrogens with zero attached hydrogens (tertiary/aromatic N) is 1. The van der Waals surface area contributed by atoms with Crippen molar-refractivity contribution in [2.75, 3.05) is 11.4 Å². The first kappa shape index (κ1) is 18.6. The number of hydrogen-bond donors (Lipinski definition) is 1. The molecule has 26 heavy (non-hydrogen) atoms. The van der Waals surface area contributed by atoms with Crippen LogP contribution in [0.1, 0.15) is 37.5 Å². The number of carbonyl (C=O) groups is 1. The summed E-state index contributed by atoms with van der Waals surface area (Å²) < 4.78 is 28.1. The van der Waals surface area contributed by atoms with E-state index in [1.165, 1.54) is 6.92 Å². The SMILES string of the molecule is CC(=O)N1CC(C)(C)c2cc(S(=O)(=O)NCc3cccc(C)c3)ccc21. The molecule has 0 spiro atoms. The molecule has 1 aliphatic heterocycles. The normalized spacial score (nSPS) is 15.8. The number of aryl methyl sites for hydroxylation is 1. The third kappa shape index (κ3) is 3.52. The van der Waals surface area contributed by atoms with Gasteiger partial charge in [0.1, 0.15) is 0 Å². The van der Waals surface area contributed by atoms with E-state index >= 15 is 0 Å². The van der Waals surface area contributed by atoms with Gasteiger partial charge in [-0.15, -0.1) is 0 Å². The second kappa shape index (κ2) is 6.52. The molecule has 0 radical (unpaired) electrons. The van der Waals surface area contributed by atoms with Crippen LogP contribution in [-0.4, -0.2) is 20.9 Å². The minimum Gasteiger partial charge on any atom is -0.311 e. The molecule has 1 heterocycles. The van der Waals surface area contributed by atoms with E-state index in [4.69, 9.17) is 0 Å². The van der Waals surface area contributed by atoms with Crippen molar-refractivity contribution in [3.8, 4) is 0 Å². The average Bonchev–Trinajstić information content (AvgIpc) is 2.84. The molecular weight excluding hydrogens is 348 g/mol. The van der Waals surface area contributed by atoms with Gasteiger partial charge in [0.2, 0.25) is 15.9 Å². The maximum atomic E-state index is 12.7. The highest BCUT2D eigenvalue weighted by atomic mass is 32.2. The largest absolute Gasteiger partial charge is 0.311 e. The van der Waals surface area contributed by atoms with Crippen LogP contribution >= 0.6 is 0 Å². The smallest absolute Gasteiger partial charge is 0.240 e. The quantitative estimate of drug-likeness (QED) is 0.897. The highest BCUT2D eigenvalue weighted by molar-refractivity contribution is 7.89. The Hall–Kier alpha value is -2.18. The lowest BCUT2D eigenvalue weighted by atomic mass is 9.87. The van der Waals surface area contributed by atoms with Crippen LogP contribution in [0.4, 0.5) is 5.69 Å². The van der Waals surface area contributed by atoms with Gasteiger partial charge in [-0.2, -0.15) is 0 Å². The number of hydrogen-bond acceptors (Lipinski definition) is 3. The van der Waals surface area contributed by atoms with Crippen molar-refractivity contribution in [1.29, 1.82) is 0 Å². The fraction of sp³-hybridized carbons (Fsp3) is 0.350. The van der Waals surface area contributed by atoms with Gasteiger partial charge >= 0.3 is 0 Å². The Bertz CT molecular complexity index is 965. The van der Waals surface area contributed by atoms with Gasteiger partial charge in [0.15, 0.2) is 0 Å². The van der Waals surface area contributed by atoms with Crippen LogP contribution in [0.25, 0.3) is 0 Å². The molecule has 3 rings (SSSR count). The monoisotopic (exact) mass is 372 g/mol. The summed E-state index contributed by atoms with van der Waals surface area (Å²) in [5.74, 6) is -0.0370. The summed E-state index contributed by atoms with van der Waals surface area (Å²) in [5, 5.41) is 0. The Kier molecular flexibility index (Phi) is 4.67. The van der Waals surface area contributed by atoms with Gasteiger partial charge in [-0.25, -0.2) is 13.1 Å². The predicted octanol–water partition coefficient (Wildman–Crippen LogP) is 3.12. The molecule has 6 heteroatoms. The summed E-state index contributed by atoms with van der Waals surface area (Å²) >= 11 is 0. The summed E-state index contributed by atoms with van der Waals surface area (Å²) in [6.45, 7) is 8.33. The van der Waals surface area contributed by atoms with E-state index in [0.29, 0.717) is 6.54 Å². The van der Waals surface area contributed by atoms with Crippen LogP contribution in [-0.2, 0) is 26.8 Å². The van der Waals surface area contributed by atoms with Crippen molar-refractivity contribution in [1.82, 2.24) is 4.72 Å². The summed E-state index contributed by atoms with van der Waals surface area (Å²) in [7, 11) is -3.63. The summed E-state index contributed by atoms with van der Waals surface area (Å²) in [6, 6.07) is 12.7. The van der Waals surface area contributed by atoms with Gasteiger partial charge in [0.05, 0.1) is 4.90 Å².